The number of carbonyl (C=O) groups is 2. The summed E-state index contributed by atoms with van der Waals surface area (Å²) in [6, 6.07) is 8.74. The number of amides is 1. The quantitative estimate of drug-likeness (QED) is 0.0393. The Hall–Kier alpha value is -4.97. The molecule has 59 heavy (non-hydrogen) atoms. The zero-order chi connectivity index (χ0) is 42.5. The van der Waals surface area contributed by atoms with Crippen LogP contribution < -0.4 is 22.5 Å². The SMILES string of the molecule is C=CCCC(=O)N[C@@H](Cc1ccccc1)C(=O)O[C@H]1[C@@H](O)[C@H](n2cnc3c(N)ncnc32)O[C@@H]1COP(=O)(O)O[C@H]1C[C@H](n2ccc(N)nc2=O)O[C@@H]1COP(=O)(O)O. The molecule has 24 nitrogen and oxygen atoms in total. The maximum Gasteiger partial charge on any atom is 0.472 e. The first-order valence-corrected chi connectivity index (χ1v) is 20.8. The summed E-state index contributed by atoms with van der Waals surface area (Å²) in [7, 11) is -10.3. The average Bonchev–Trinajstić information content (AvgIpc) is 3.87. The molecule has 6 rings (SSSR count). The lowest BCUT2D eigenvalue weighted by Gasteiger charge is -2.25. The van der Waals surface area contributed by atoms with Gasteiger partial charge in [-0.05, 0) is 18.1 Å². The Morgan fingerprint density at radius 1 is 1.03 bits per heavy atom. The number of imidazole rings is 1. The van der Waals surface area contributed by atoms with Crippen LogP contribution in [0, 0.1) is 0 Å². The predicted octanol–water partition coefficient (Wildman–Crippen LogP) is 0.0104. The largest absolute Gasteiger partial charge is 0.472 e. The van der Waals surface area contributed by atoms with Crippen LogP contribution in [0.3, 0.4) is 0 Å². The molecule has 2 saturated heterocycles. The van der Waals surface area contributed by atoms with Crippen LogP contribution in [0.1, 0.15) is 37.3 Å². The molecule has 1 aromatic carbocycles. The fourth-order valence-electron chi connectivity index (χ4n) is 6.36. The lowest BCUT2D eigenvalue weighted by Crippen LogP contribution is -2.47. The van der Waals surface area contributed by atoms with E-state index in [1.165, 1.54) is 29.2 Å². The van der Waals surface area contributed by atoms with E-state index in [4.69, 9.17) is 34.7 Å². The van der Waals surface area contributed by atoms with Crippen LogP contribution in [-0.2, 0) is 52.9 Å². The molecule has 26 heteroatoms. The number of aliphatic hydroxyl groups is 1. The molecular weight excluding hydrogens is 824 g/mol. The highest BCUT2D eigenvalue weighted by atomic mass is 31.2. The molecule has 1 unspecified atom stereocenters. The third kappa shape index (κ3) is 11.0. The Morgan fingerprint density at radius 2 is 1.78 bits per heavy atom. The minimum Gasteiger partial charge on any atom is -0.455 e. The van der Waals surface area contributed by atoms with E-state index in [0.29, 0.717) is 12.0 Å². The van der Waals surface area contributed by atoms with Gasteiger partial charge in [-0.2, -0.15) is 4.98 Å². The van der Waals surface area contributed by atoms with Crippen LogP contribution in [-0.4, -0.2) is 111 Å². The number of allylic oxidation sites excluding steroid dienone is 1. The maximum atomic E-state index is 13.9. The number of nitrogens with two attached hydrogens (primary N) is 2. The van der Waals surface area contributed by atoms with Crippen molar-refractivity contribution in [2.45, 2.75) is 74.7 Å². The van der Waals surface area contributed by atoms with E-state index in [2.05, 4.69) is 36.4 Å². The van der Waals surface area contributed by atoms with Gasteiger partial charge >= 0.3 is 27.3 Å². The second-order valence-corrected chi connectivity index (χ2v) is 15.9. The number of fused-ring (bicyclic) bond motifs is 1. The molecular formula is C33H41N9O15P2. The molecule has 0 saturated carbocycles. The first-order valence-electron chi connectivity index (χ1n) is 17.8. The molecule has 0 radical (unpaired) electrons. The number of rotatable bonds is 18. The van der Waals surface area contributed by atoms with E-state index < -0.39 is 95.4 Å². The molecule has 2 fully saturated rings. The standard InChI is InChI=1S/C33H41N9O15P2/c1-2-3-9-24(43)39-19(12-18-7-5-4-6-8-18)32(45)56-28-22(55-31(27(28)44)42-17-38-26-29(35)36-16-37-30(26)42)15-53-59(50,51)57-20-13-25(41-11-10-23(34)40-33(41)46)54-21(20)14-52-58(47,48)49/h2,4-8,10-11,16-17,19-22,25,27-28,31,44H,1,3,9,12-15H2,(H,39,43)(H,50,51)(H2,34,40,46)(H2,35,36,37)(H2,47,48,49)/t19-,20-,21+,22+,25+,27+,28+,31+/m0/s1. The number of hydrogen-bond acceptors (Lipinski definition) is 18. The van der Waals surface area contributed by atoms with Crippen molar-refractivity contribution in [3.8, 4) is 0 Å². The fraction of sp³-hybridized carbons (Fsp3) is 0.424. The van der Waals surface area contributed by atoms with Crippen molar-refractivity contribution >= 4 is 50.3 Å². The van der Waals surface area contributed by atoms with Crippen molar-refractivity contribution in [1.29, 1.82) is 0 Å². The van der Waals surface area contributed by atoms with Crippen LogP contribution in [0.4, 0.5) is 11.6 Å². The van der Waals surface area contributed by atoms with Crippen molar-refractivity contribution < 1.29 is 66.3 Å². The van der Waals surface area contributed by atoms with Gasteiger partial charge in [0.15, 0.2) is 23.8 Å². The number of aromatic nitrogens is 6. The van der Waals surface area contributed by atoms with Crippen molar-refractivity contribution in [3.63, 3.8) is 0 Å². The summed E-state index contributed by atoms with van der Waals surface area (Å²) in [5.74, 6) is -1.56. The monoisotopic (exact) mass is 865 g/mol. The van der Waals surface area contributed by atoms with Gasteiger partial charge in [-0.15, -0.1) is 6.58 Å². The molecule has 0 spiro atoms. The molecule has 3 aromatic heterocycles. The van der Waals surface area contributed by atoms with Gasteiger partial charge in [0.25, 0.3) is 0 Å². The molecule has 9 atom stereocenters. The maximum absolute atomic E-state index is 13.9. The van der Waals surface area contributed by atoms with Crippen LogP contribution in [0.5, 0.6) is 0 Å². The Kier molecular flexibility index (Phi) is 13.7. The average molecular weight is 866 g/mol. The number of aliphatic hydroxyl groups excluding tert-OH is 1. The van der Waals surface area contributed by atoms with Gasteiger partial charge in [0.05, 0.1) is 19.5 Å². The van der Waals surface area contributed by atoms with Gasteiger partial charge in [-0.1, -0.05) is 36.4 Å². The van der Waals surface area contributed by atoms with Crippen LogP contribution in [0.25, 0.3) is 11.2 Å². The first-order chi connectivity index (χ1) is 28.0. The number of phosphoric acid groups is 2. The Balaban J connectivity index is 1.23. The van der Waals surface area contributed by atoms with Crippen molar-refractivity contribution in [2.24, 2.45) is 0 Å². The normalized spacial score (nSPS) is 24.7. The molecule has 1 amide bonds. The Labute approximate surface area is 333 Å². The third-order valence-corrected chi connectivity index (χ3v) is 10.6. The Bertz CT molecular complexity index is 2290. The van der Waals surface area contributed by atoms with E-state index in [0.717, 1.165) is 10.9 Å². The summed E-state index contributed by atoms with van der Waals surface area (Å²) in [6.45, 7) is 1.88. The molecule has 2 aliphatic heterocycles. The van der Waals surface area contributed by atoms with Crippen LogP contribution in [0.2, 0.25) is 0 Å². The van der Waals surface area contributed by atoms with Crippen LogP contribution >= 0.6 is 15.6 Å². The number of nitrogen functional groups attached to an aromatic ring is 2. The topological polar surface area (TPSA) is 347 Å². The van der Waals surface area contributed by atoms with E-state index >= 15 is 0 Å². The minimum absolute atomic E-state index is 0.00822. The number of ether oxygens (including phenoxy) is 3. The number of anilines is 2. The van der Waals surface area contributed by atoms with E-state index in [1.807, 2.05) is 0 Å². The van der Waals surface area contributed by atoms with Gasteiger partial charge < -0.3 is 50.8 Å². The van der Waals surface area contributed by atoms with Gasteiger partial charge in [0, 0.05) is 25.5 Å². The highest BCUT2D eigenvalue weighted by Gasteiger charge is 2.50. The summed E-state index contributed by atoms with van der Waals surface area (Å²) in [5, 5.41) is 14.3. The summed E-state index contributed by atoms with van der Waals surface area (Å²) in [5.41, 5.74) is 11.6. The molecule has 2 aliphatic rings. The minimum atomic E-state index is -5.21. The highest BCUT2D eigenvalue weighted by Crippen LogP contribution is 2.50. The van der Waals surface area contributed by atoms with E-state index in [-0.39, 0.29) is 42.1 Å². The second kappa shape index (κ2) is 18.5. The smallest absolute Gasteiger partial charge is 0.455 e. The summed E-state index contributed by atoms with van der Waals surface area (Å²) >= 11 is 0. The fourth-order valence-corrected chi connectivity index (χ4v) is 7.66. The van der Waals surface area contributed by atoms with Crippen molar-refractivity contribution in [2.75, 3.05) is 24.7 Å². The molecule has 318 valence electrons. The third-order valence-electron chi connectivity index (χ3n) is 9.12. The number of nitrogens with zero attached hydrogens (tertiary/aromatic N) is 6. The zero-order valence-corrected chi connectivity index (χ0v) is 32.6. The Morgan fingerprint density at radius 3 is 2.49 bits per heavy atom. The highest BCUT2D eigenvalue weighted by molar-refractivity contribution is 7.47. The van der Waals surface area contributed by atoms with E-state index in [1.54, 1.807) is 30.3 Å². The summed E-state index contributed by atoms with van der Waals surface area (Å²) < 4.78 is 60.1. The molecule has 0 bridgehead atoms. The first kappa shape index (κ1) is 43.6. The number of phosphoric ester groups is 2. The second-order valence-electron chi connectivity index (χ2n) is 13.3. The molecule has 4 aromatic rings. The van der Waals surface area contributed by atoms with Crippen molar-refractivity contribution in [3.05, 3.63) is 84.0 Å². The van der Waals surface area contributed by atoms with Gasteiger partial charge in [-0.25, -0.2) is 33.7 Å². The lowest BCUT2D eigenvalue weighted by atomic mass is 10.0. The van der Waals surface area contributed by atoms with Gasteiger partial charge in [0.2, 0.25) is 5.91 Å². The number of hydrogen-bond donors (Lipinski definition) is 7. The van der Waals surface area contributed by atoms with Gasteiger partial charge in [0.1, 0.15) is 54.3 Å². The zero-order valence-electron chi connectivity index (χ0n) is 30.9. The van der Waals surface area contributed by atoms with Gasteiger partial charge in [-0.3, -0.25) is 27.5 Å². The summed E-state index contributed by atoms with van der Waals surface area (Å²) in [6.07, 6.45) is -5.21. The molecule has 9 N–H and O–H groups in total. The number of esters is 1. The predicted molar refractivity (Wildman–Crippen MR) is 201 cm³/mol. The molecule has 5 heterocycles. The van der Waals surface area contributed by atoms with Crippen LogP contribution in [0.15, 0.2) is 72.7 Å². The van der Waals surface area contributed by atoms with Crippen molar-refractivity contribution in [1.82, 2.24) is 34.4 Å². The number of carbonyl (C=O) groups excluding carboxylic acids is 2. The number of benzene rings is 1. The lowest BCUT2D eigenvalue weighted by molar-refractivity contribution is -0.160. The number of nitrogens with one attached hydrogen (secondary N) is 1. The summed E-state index contributed by atoms with van der Waals surface area (Å²) in [4.78, 5) is 84.5. The van der Waals surface area contributed by atoms with E-state index in [9.17, 15) is 43.3 Å². The molecule has 0 aliphatic carbocycles.